The van der Waals surface area contributed by atoms with Gasteiger partial charge in [-0.3, -0.25) is 9.36 Å². The third kappa shape index (κ3) is 5.86. The number of aromatic hydroxyl groups is 1. The quantitative estimate of drug-likeness (QED) is 0.220. The number of hydrogen-bond acceptors (Lipinski definition) is 10. The van der Waals surface area contributed by atoms with E-state index in [1.54, 1.807) is 36.4 Å². The van der Waals surface area contributed by atoms with Gasteiger partial charge in [0.05, 0.1) is 47.8 Å². The summed E-state index contributed by atoms with van der Waals surface area (Å²) in [4.78, 5) is 31.5. The molecule has 0 unspecified atom stereocenters. The normalized spacial score (nSPS) is 14.7. The molecule has 0 fully saturated rings. The van der Waals surface area contributed by atoms with Crippen molar-refractivity contribution in [3.63, 3.8) is 0 Å². The van der Waals surface area contributed by atoms with E-state index in [0.717, 1.165) is 11.3 Å². The smallest absolute Gasteiger partial charge is 0.337 e. The van der Waals surface area contributed by atoms with Gasteiger partial charge in [-0.1, -0.05) is 35.6 Å². The van der Waals surface area contributed by atoms with Gasteiger partial charge >= 0.3 is 5.97 Å². The molecule has 10 nitrogen and oxygen atoms in total. The topological polar surface area (TPSA) is 124 Å². The van der Waals surface area contributed by atoms with E-state index in [-0.39, 0.29) is 16.9 Å². The van der Waals surface area contributed by atoms with Crippen molar-refractivity contribution < 1.29 is 24.1 Å². The Morgan fingerprint density at radius 1 is 1.00 bits per heavy atom. The van der Waals surface area contributed by atoms with Crippen molar-refractivity contribution in [1.29, 1.82) is 0 Å². The summed E-state index contributed by atoms with van der Waals surface area (Å²) in [5, 5.41) is 19.1. The first-order chi connectivity index (χ1) is 20.4. The van der Waals surface area contributed by atoms with Crippen molar-refractivity contribution in [2.24, 2.45) is 15.2 Å². The summed E-state index contributed by atoms with van der Waals surface area (Å²) in [6.45, 7) is 4.58. The Bertz CT molecular complexity index is 1860. The number of esters is 1. The van der Waals surface area contributed by atoms with Gasteiger partial charge in [0.1, 0.15) is 5.75 Å². The third-order valence-corrected chi connectivity index (χ3v) is 7.34. The number of hydrogen-bond donors (Lipinski definition) is 1. The highest BCUT2D eigenvalue weighted by Gasteiger charge is 2.31. The number of aromatic nitrogens is 1. The minimum Gasteiger partial charge on any atom is -0.507 e. The van der Waals surface area contributed by atoms with E-state index in [1.165, 1.54) is 23.9 Å². The number of rotatable bonds is 9. The van der Waals surface area contributed by atoms with Gasteiger partial charge in [-0.2, -0.15) is 10.2 Å². The number of carbonyl (C=O) groups is 1. The van der Waals surface area contributed by atoms with Crippen LogP contribution in [0.25, 0.3) is 6.08 Å². The fraction of sp³-hybridized carbons (Fsp3) is 0.194. The Labute approximate surface area is 245 Å². The average molecular weight is 585 g/mol. The summed E-state index contributed by atoms with van der Waals surface area (Å²) in [5.41, 5.74) is 1.98. The average Bonchev–Trinajstić information content (AvgIpc) is 3.33. The highest BCUT2D eigenvalue weighted by Crippen LogP contribution is 2.35. The monoisotopic (exact) mass is 584 g/mol. The number of azo groups is 1. The van der Waals surface area contributed by atoms with Crippen LogP contribution in [0.3, 0.4) is 0 Å². The predicted octanol–water partition coefficient (Wildman–Crippen LogP) is 4.94. The fourth-order valence-corrected chi connectivity index (χ4v) is 5.42. The zero-order valence-corrected chi connectivity index (χ0v) is 24.0. The molecule has 5 rings (SSSR count). The Morgan fingerprint density at radius 2 is 1.74 bits per heavy atom. The number of benzene rings is 3. The molecule has 0 saturated heterocycles. The summed E-state index contributed by atoms with van der Waals surface area (Å²) < 4.78 is 18.3. The predicted molar refractivity (Wildman–Crippen MR) is 159 cm³/mol. The molecule has 1 atom stereocenters. The molecule has 0 aliphatic carbocycles. The maximum absolute atomic E-state index is 13.9. The zero-order valence-electron chi connectivity index (χ0n) is 23.2. The van der Waals surface area contributed by atoms with Gasteiger partial charge in [0.2, 0.25) is 0 Å². The van der Waals surface area contributed by atoms with Gasteiger partial charge in [-0.15, -0.1) is 0 Å². The van der Waals surface area contributed by atoms with Crippen LogP contribution in [0, 0.1) is 0 Å². The minimum atomic E-state index is -0.828. The van der Waals surface area contributed by atoms with E-state index in [0.29, 0.717) is 56.5 Å². The van der Waals surface area contributed by atoms with E-state index in [4.69, 9.17) is 14.2 Å². The van der Waals surface area contributed by atoms with Crippen molar-refractivity contribution in [1.82, 2.24) is 4.57 Å². The standard InChI is InChI=1S/C31H28N4O6S/c1-4-40-25-14-11-19(16-26(25)41-5-2)28-23(30(38)39-3)18-32-31-35(28)29(37)27(42-31)17-20-15-22(12-13-24(20)36)34-33-21-9-7-6-8-10-21/h6-18,28,36H,4-5H2,1-3H3/b27-17-,34-33?/t28-/m1/s1. The van der Waals surface area contributed by atoms with Crippen molar-refractivity contribution in [3.05, 3.63) is 109 Å². The Hall–Kier alpha value is -5.03. The lowest BCUT2D eigenvalue weighted by atomic mass is 9.97. The lowest BCUT2D eigenvalue weighted by Gasteiger charge is -2.23. The number of ether oxygens (including phenoxy) is 3. The summed E-state index contributed by atoms with van der Waals surface area (Å²) in [5.74, 6) is 0.406. The van der Waals surface area contributed by atoms with E-state index in [1.807, 2.05) is 44.2 Å². The molecule has 1 aromatic heterocycles. The van der Waals surface area contributed by atoms with E-state index in [9.17, 15) is 14.7 Å². The molecular formula is C31H28N4O6S. The van der Waals surface area contributed by atoms with Crippen molar-refractivity contribution in [3.8, 4) is 17.2 Å². The first-order valence-corrected chi connectivity index (χ1v) is 14.0. The number of methoxy groups -OCH3 is 1. The molecular weight excluding hydrogens is 556 g/mol. The molecule has 42 heavy (non-hydrogen) atoms. The van der Waals surface area contributed by atoms with E-state index in [2.05, 4.69) is 15.2 Å². The third-order valence-electron chi connectivity index (χ3n) is 6.34. The first-order valence-electron chi connectivity index (χ1n) is 13.2. The second-order valence-electron chi connectivity index (χ2n) is 9.03. The van der Waals surface area contributed by atoms with Crippen LogP contribution in [0.1, 0.15) is 31.0 Å². The molecule has 0 bridgehead atoms. The van der Waals surface area contributed by atoms with Gasteiger partial charge < -0.3 is 19.3 Å². The van der Waals surface area contributed by atoms with Gasteiger partial charge in [0.15, 0.2) is 16.3 Å². The molecule has 0 radical (unpaired) electrons. The molecule has 0 saturated carbocycles. The lowest BCUT2D eigenvalue weighted by Crippen LogP contribution is -2.39. The number of thiazole rings is 1. The van der Waals surface area contributed by atoms with Crippen LogP contribution in [0.5, 0.6) is 17.2 Å². The molecule has 11 heteroatoms. The number of phenols is 1. The molecule has 3 aromatic carbocycles. The maximum atomic E-state index is 13.9. The molecule has 214 valence electrons. The van der Waals surface area contributed by atoms with Crippen molar-refractivity contribution in [2.45, 2.75) is 19.9 Å². The number of nitrogens with zero attached hydrogens (tertiary/aromatic N) is 4. The number of phenolic OH excluding ortho intramolecular Hbond substituents is 1. The van der Waals surface area contributed by atoms with Gasteiger partial charge in [0, 0.05) is 11.8 Å². The van der Waals surface area contributed by atoms with Crippen LogP contribution in [-0.2, 0) is 9.53 Å². The SMILES string of the molecule is CCOc1ccc([C@@H]2C(C(=O)OC)=CN=c3s/c(=C\c4cc(N=Nc5ccccc5)ccc4O)c(=O)n32)cc1OCC. The second kappa shape index (κ2) is 12.6. The minimum absolute atomic E-state index is 0.0286. The van der Waals surface area contributed by atoms with Crippen LogP contribution in [0.2, 0.25) is 0 Å². The zero-order chi connectivity index (χ0) is 29.6. The molecule has 1 aliphatic heterocycles. The summed E-state index contributed by atoms with van der Waals surface area (Å²) in [6.07, 6.45) is 2.99. The maximum Gasteiger partial charge on any atom is 0.337 e. The fourth-order valence-electron chi connectivity index (χ4n) is 4.46. The first kappa shape index (κ1) is 28.5. The van der Waals surface area contributed by atoms with Gasteiger partial charge in [0.25, 0.3) is 5.56 Å². The second-order valence-corrected chi connectivity index (χ2v) is 10.0. The molecule has 0 amide bonds. The van der Waals surface area contributed by atoms with Crippen LogP contribution in [0.4, 0.5) is 11.4 Å². The highest BCUT2D eigenvalue weighted by molar-refractivity contribution is 7.07. The van der Waals surface area contributed by atoms with E-state index < -0.39 is 12.0 Å². The molecule has 4 aromatic rings. The number of carbonyl (C=O) groups excluding carboxylic acids is 1. The van der Waals surface area contributed by atoms with Crippen molar-refractivity contribution >= 4 is 34.8 Å². The lowest BCUT2D eigenvalue weighted by molar-refractivity contribution is -0.136. The Kier molecular flexibility index (Phi) is 8.58. The van der Waals surface area contributed by atoms with Crippen LogP contribution >= 0.6 is 11.3 Å². The molecule has 2 heterocycles. The van der Waals surface area contributed by atoms with Gasteiger partial charge in [-0.25, -0.2) is 9.79 Å². The van der Waals surface area contributed by atoms with Crippen LogP contribution in [-0.4, -0.2) is 36.0 Å². The summed E-state index contributed by atoms with van der Waals surface area (Å²) >= 11 is 1.14. The summed E-state index contributed by atoms with van der Waals surface area (Å²) in [6, 6.07) is 18.5. The highest BCUT2D eigenvalue weighted by atomic mass is 32.1. The molecule has 1 N–H and O–H groups in total. The van der Waals surface area contributed by atoms with Gasteiger partial charge in [-0.05, 0) is 68.0 Å². The molecule has 1 aliphatic rings. The molecule has 0 spiro atoms. The van der Waals surface area contributed by atoms with Crippen LogP contribution in [0.15, 0.2) is 98.5 Å². The summed E-state index contributed by atoms with van der Waals surface area (Å²) in [7, 11) is 1.28. The largest absolute Gasteiger partial charge is 0.507 e. The Morgan fingerprint density at radius 3 is 2.48 bits per heavy atom. The van der Waals surface area contributed by atoms with Crippen LogP contribution < -0.4 is 24.4 Å². The van der Waals surface area contributed by atoms with E-state index >= 15 is 0 Å². The van der Waals surface area contributed by atoms with Crippen molar-refractivity contribution in [2.75, 3.05) is 20.3 Å². The number of fused-ring (bicyclic) bond motifs is 1. The Balaban J connectivity index is 1.61.